The standard InChI is InChI=1S/C27H25N3O3S2/c1-30(23-13-14-23)35(32,33)24-15-11-22(12-16-24)26(31)29-27-28-25(18-34-27)21-9-7-20(8-10-21)17-19-5-3-2-4-6-19/h2-12,15-16,18,23H,13-14,17H2,1H3,(H,28,29,31). The van der Waals surface area contributed by atoms with Gasteiger partial charge in [0.05, 0.1) is 10.6 Å². The molecule has 1 saturated carbocycles. The number of hydrogen-bond donors (Lipinski definition) is 1. The molecule has 4 aromatic rings. The normalized spacial score (nSPS) is 13.7. The number of aromatic nitrogens is 1. The third-order valence-electron chi connectivity index (χ3n) is 6.08. The second-order valence-corrected chi connectivity index (χ2v) is 11.5. The first-order valence-electron chi connectivity index (χ1n) is 11.4. The van der Waals surface area contributed by atoms with Crippen molar-refractivity contribution in [3.05, 3.63) is 101 Å². The van der Waals surface area contributed by atoms with E-state index in [1.165, 1.54) is 51.0 Å². The van der Waals surface area contributed by atoms with Crippen LogP contribution in [0.5, 0.6) is 0 Å². The summed E-state index contributed by atoms with van der Waals surface area (Å²) in [6.07, 6.45) is 2.66. The fourth-order valence-corrected chi connectivity index (χ4v) is 5.97. The molecule has 1 aliphatic rings. The summed E-state index contributed by atoms with van der Waals surface area (Å²) in [5, 5.41) is 5.21. The van der Waals surface area contributed by atoms with Gasteiger partial charge in [-0.05, 0) is 54.7 Å². The highest BCUT2D eigenvalue weighted by Gasteiger charge is 2.35. The van der Waals surface area contributed by atoms with Gasteiger partial charge in [0, 0.05) is 29.6 Å². The van der Waals surface area contributed by atoms with E-state index < -0.39 is 10.0 Å². The van der Waals surface area contributed by atoms with Crippen LogP contribution >= 0.6 is 11.3 Å². The van der Waals surface area contributed by atoms with Crippen molar-refractivity contribution in [2.45, 2.75) is 30.2 Å². The molecule has 0 radical (unpaired) electrons. The summed E-state index contributed by atoms with van der Waals surface area (Å²) in [6, 6.07) is 24.7. The van der Waals surface area contributed by atoms with Crippen molar-refractivity contribution < 1.29 is 13.2 Å². The summed E-state index contributed by atoms with van der Waals surface area (Å²) in [7, 11) is -1.93. The van der Waals surface area contributed by atoms with Gasteiger partial charge in [0.2, 0.25) is 10.0 Å². The van der Waals surface area contributed by atoms with Gasteiger partial charge in [-0.2, -0.15) is 4.31 Å². The van der Waals surface area contributed by atoms with Gasteiger partial charge in [0.25, 0.3) is 5.91 Å². The molecule has 3 aromatic carbocycles. The van der Waals surface area contributed by atoms with Crippen molar-refractivity contribution in [2.24, 2.45) is 0 Å². The lowest BCUT2D eigenvalue weighted by Crippen LogP contribution is -2.29. The maximum Gasteiger partial charge on any atom is 0.257 e. The number of hydrogen-bond acceptors (Lipinski definition) is 5. The topological polar surface area (TPSA) is 79.4 Å². The van der Waals surface area contributed by atoms with Crippen molar-refractivity contribution in [3.8, 4) is 11.3 Å². The Bertz CT molecular complexity index is 1430. The lowest BCUT2D eigenvalue weighted by atomic mass is 10.0. The third-order valence-corrected chi connectivity index (χ3v) is 8.76. The number of sulfonamides is 1. The van der Waals surface area contributed by atoms with Crippen LogP contribution in [-0.4, -0.2) is 36.7 Å². The van der Waals surface area contributed by atoms with E-state index in [1.54, 1.807) is 7.05 Å². The minimum absolute atomic E-state index is 0.0853. The summed E-state index contributed by atoms with van der Waals surface area (Å²) in [6.45, 7) is 0. The molecule has 6 nitrogen and oxygen atoms in total. The zero-order valence-corrected chi connectivity index (χ0v) is 20.9. The van der Waals surface area contributed by atoms with Crippen LogP contribution in [0.1, 0.15) is 34.3 Å². The third kappa shape index (κ3) is 5.35. The number of benzene rings is 3. The molecule has 178 valence electrons. The number of anilines is 1. The largest absolute Gasteiger partial charge is 0.298 e. The SMILES string of the molecule is CN(C1CC1)S(=O)(=O)c1ccc(C(=O)Nc2nc(-c3ccc(Cc4ccccc4)cc3)cs2)cc1. The minimum atomic E-state index is -3.53. The molecule has 35 heavy (non-hydrogen) atoms. The van der Waals surface area contributed by atoms with Gasteiger partial charge in [0.1, 0.15) is 0 Å². The average molecular weight is 504 g/mol. The Labute approximate surface area is 209 Å². The van der Waals surface area contributed by atoms with Gasteiger partial charge in [-0.15, -0.1) is 11.3 Å². The van der Waals surface area contributed by atoms with Crippen molar-refractivity contribution >= 4 is 32.4 Å². The highest BCUT2D eigenvalue weighted by Crippen LogP contribution is 2.30. The molecule has 0 saturated heterocycles. The molecule has 1 amide bonds. The molecule has 1 aliphatic carbocycles. The molecule has 1 aromatic heterocycles. The van der Waals surface area contributed by atoms with Crippen molar-refractivity contribution in [2.75, 3.05) is 12.4 Å². The number of nitrogens with zero attached hydrogens (tertiary/aromatic N) is 2. The summed E-state index contributed by atoms with van der Waals surface area (Å²) in [4.78, 5) is 17.4. The molecule has 1 fully saturated rings. The first kappa shape index (κ1) is 23.4. The number of rotatable bonds is 8. The Morgan fingerprint density at radius 3 is 2.29 bits per heavy atom. The fraction of sp³-hybridized carbons (Fsp3) is 0.185. The summed E-state index contributed by atoms with van der Waals surface area (Å²) < 4.78 is 26.7. The zero-order chi connectivity index (χ0) is 24.4. The maximum absolute atomic E-state index is 12.7. The molecule has 0 bridgehead atoms. The van der Waals surface area contributed by atoms with Gasteiger partial charge in [-0.3, -0.25) is 10.1 Å². The number of thiazole rings is 1. The number of nitrogens with one attached hydrogen (secondary N) is 1. The Morgan fingerprint density at radius 2 is 1.63 bits per heavy atom. The van der Waals surface area contributed by atoms with Crippen LogP contribution in [0.15, 0.2) is 89.1 Å². The molecule has 1 N–H and O–H groups in total. The van der Waals surface area contributed by atoms with Crippen LogP contribution in [0.4, 0.5) is 5.13 Å². The van der Waals surface area contributed by atoms with E-state index in [1.807, 2.05) is 35.7 Å². The van der Waals surface area contributed by atoms with Crippen LogP contribution in [0, 0.1) is 0 Å². The lowest BCUT2D eigenvalue weighted by molar-refractivity contribution is 0.102. The van der Waals surface area contributed by atoms with Crippen LogP contribution in [0.2, 0.25) is 0 Å². The molecular formula is C27H25N3O3S2. The lowest BCUT2D eigenvalue weighted by Gasteiger charge is -2.16. The van der Waals surface area contributed by atoms with Crippen molar-refractivity contribution in [1.29, 1.82) is 0 Å². The van der Waals surface area contributed by atoms with E-state index >= 15 is 0 Å². The van der Waals surface area contributed by atoms with Crippen molar-refractivity contribution in [1.82, 2.24) is 9.29 Å². The first-order chi connectivity index (χ1) is 16.9. The molecule has 0 aliphatic heterocycles. The van der Waals surface area contributed by atoms with E-state index in [-0.39, 0.29) is 16.8 Å². The predicted molar refractivity (Wildman–Crippen MR) is 139 cm³/mol. The molecule has 0 unspecified atom stereocenters. The first-order valence-corrected chi connectivity index (χ1v) is 13.7. The van der Waals surface area contributed by atoms with Crippen LogP contribution < -0.4 is 5.32 Å². The van der Waals surface area contributed by atoms with Gasteiger partial charge in [-0.1, -0.05) is 54.6 Å². The molecule has 5 rings (SSSR count). The summed E-state index contributed by atoms with van der Waals surface area (Å²) in [5.41, 5.74) is 4.63. The Kier molecular flexibility index (Phi) is 6.51. The zero-order valence-electron chi connectivity index (χ0n) is 19.2. The number of carbonyl (C=O) groups is 1. The second-order valence-electron chi connectivity index (χ2n) is 8.63. The average Bonchev–Trinajstić information content (AvgIpc) is 3.63. The monoisotopic (exact) mass is 503 g/mol. The van der Waals surface area contributed by atoms with Gasteiger partial charge in [-0.25, -0.2) is 13.4 Å². The Morgan fingerprint density at radius 1 is 0.971 bits per heavy atom. The smallest absolute Gasteiger partial charge is 0.257 e. The van der Waals surface area contributed by atoms with Gasteiger partial charge >= 0.3 is 0 Å². The number of carbonyl (C=O) groups excluding carboxylic acids is 1. The highest BCUT2D eigenvalue weighted by molar-refractivity contribution is 7.89. The summed E-state index contributed by atoms with van der Waals surface area (Å²) in [5.74, 6) is -0.330. The molecule has 0 atom stereocenters. The molecule has 0 spiro atoms. The van der Waals surface area contributed by atoms with E-state index in [2.05, 4.69) is 34.6 Å². The maximum atomic E-state index is 12.7. The summed E-state index contributed by atoms with van der Waals surface area (Å²) >= 11 is 1.35. The molecular weight excluding hydrogens is 478 g/mol. The Hall–Kier alpha value is -3.33. The second kappa shape index (κ2) is 9.73. The minimum Gasteiger partial charge on any atom is -0.298 e. The van der Waals surface area contributed by atoms with E-state index in [0.29, 0.717) is 10.7 Å². The molecule has 1 heterocycles. The van der Waals surface area contributed by atoms with Gasteiger partial charge < -0.3 is 0 Å². The van der Waals surface area contributed by atoms with E-state index in [9.17, 15) is 13.2 Å². The fourth-order valence-electron chi connectivity index (χ4n) is 3.84. The molecule has 8 heteroatoms. The highest BCUT2D eigenvalue weighted by atomic mass is 32.2. The van der Waals surface area contributed by atoms with Gasteiger partial charge in [0.15, 0.2) is 5.13 Å². The van der Waals surface area contributed by atoms with Crippen LogP contribution in [0.3, 0.4) is 0 Å². The van der Waals surface area contributed by atoms with Crippen LogP contribution in [0.25, 0.3) is 11.3 Å². The van der Waals surface area contributed by atoms with E-state index in [0.717, 1.165) is 30.5 Å². The number of amides is 1. The van der Waals surface area contributed by atoms with Crippen molar-refractivity contribution in [3.63, 3.8) is 0 Å². The Balaban J connectivity index is 1.23. The predicted octanol–water partition coefficient (Wildman–Crippen LogP) is 5.44. The van der Waals surface area contributed by atoms with E-state index in [4.69, 9.17) is 0 Å². The van der Waals surface area contributed by atoms with Crippen LogP contribution in [-0.2, 0) is 16.4 Å². The quantitative estimate of drug-likeness (QED) is 0.347.